The largest absolute Gasteiger partial charge is 0.392 e. The van der Waals surface area contributed by atoms with Crippen LogP contribution in [0.4, 0.5) is 0 Å². The molecule has 3 N–H and O–H groups in total. The summed E-state index contributed by atoms with van der Waals surface area (Å²) < 4.78 is 0. The maximum absolute atomic E-state index is 9.36. The fraction of sp³-hybridized carbons (Fsp3) is 1.00. The Morgan fingerprint density at radius 2 is 2.13 bits per heavy atom. The Balaban J connectivity index is 2.16. The van der Waals surface area contributed by atoms with E-state index in [1.807, 2.05) is 0 Å². The van der Waals surface area contributed by atoms with E-state index in [1.54, 1.807) is 0 Å². The van der Waals surface area contributed by atoms with Crippen molar-refractivity contribution in [1.82, 2.24) is 10.6 Å². The number of aliphatic hydroxyl groups is 1. The van der Waals surface area contributed by atoms with Crippen molar-refractivity contribution < 1.29 is 5.11 Å². The van der Waals surface area contributed by atoms with Crippen LogP contribution in [-0.4, -0.2) is 36.9 Å². The molecule has 0 bridgehead atoms. The van der Waals surface area contributed by atoms with Gasteiger partial charge in [0.1, 0.15) is 0 Å². The minimum Gasteiger partial charge on any atom is -0.392 e. The Hall–Kier alpha value is -0.120. The highest BCUT2D eigenvalue weighted by Gasteiger charge is 2.24. The summed E-state index contributed by atoms with van der Waals surface area (Å²) in [4.78, 5) is 0. The fourth-order valence-electron chi connectivity index (χ4n) is 1.73. The van der Waals surface area contributed by atoms with Crippen molar-refractivity contribution in [1.29, 1.82) is 0 Å². The van der Waals surface area contributed by atoms with E-state index in [0.717, 1.165) is 26.1 Å². The lowest BCUT2D eigenvalue weighted by molar-refractivity contribution is 0.192. The Morgan fingerprint density at radius 3 is 2.60 bits per heavy atom. The lowest BCUT2D eigenvalue weighted by atomic mass is 9.81. The number of rotatable bonds is 5. The maximum atomic E-state index is 9.36. The minimum absolute atomic E-state index is 0.144. The van der Waals surface area contributed by atoms with Gasteiger partial charge in [-0.15, -0.1) is 0 Å². The monoisotopic (exact) mass is 214 g/mol. The molecule has 3 heteroatoms. The van der Waals surface area contributed by atoms with Crippen molar-refractivity contribution in [3.8, 4) is 0 Å². The molecule has 1 rings (SSSR count). The number of β-amino-alcohol motifs (C(OH)–C–C–N with tert-alkyl or cyclic N) is 1. The van der Waals surface area contributed by atoms with Crippen molar-refractivity contribution >= 4 is 0 Å². The van der Waals surface area contributed by atoms with E-state index in [1.165, 1.54) is 0 Å². The van der Waals surface area contributed by atoms with Crippen molar-refractivity contribution in [2.24, 2.45) is 11.3 Å². The van der Waals surface area contributed by atoms with Gasteiger partial charge in [0.2, 0.25) is 0 Å². The standard InChI is InChI=1S/C12H26N2O/c1-9(2)12(3,4)8-13-6-10-5-11(15)7-14-10/h9-11,13-15H,5-8H2,1-4H3. The summed E-state index contributed by atoms with van der Waals surface area (Å²) in [6.07, 6.45) is 0.740. The number of aliphatic hydroxyl groups excluding tert-OH is 1. The third-order valence-corrected chi connectivity index (χ3v) is 3.73. The quantitative estimate of drug-likeness (QED) is 0.639. The van der Waals surface area contributed by atoms with Gasteiger partial charge in [-0.1, -0.05) is 27.7 Å². The van der Waals surface area contributed by atoms with E-state index in [-0.39, 0.29) is 6.10 Å². The first-order valence-corrected chi connectivity index (χ1v) is 6.04. The van der Waals surface area contributed by atoms with Crippen LogP contribution in [0.3, 0.4) is 0 Å². The van der Waals surface area contributed by atoms with Crippen LogP contribution in [0, 0.1) is 11.3 Å². The first-order chi connectivity index (χ1) is 6.92. The Kier molecular flexibility index (Phi) is 4.56. The molecule has 0 saturated carbocycles. The highest BCUT2D eigenvalue weighted by atomic mass is 16.3. The van der Waals surface area contributed by atoms with Gasteiger partial charge in [-0.25, -0.2) is 0 Å². The van der Waals surface area contributed by atoms with E-state index in [0.29, 0.717) is 17.4 Å². The molecule has 1 fully saturated rings. The number of nitrogens with one attached hydrogen (secondary N) is 2. The van der Waals surface area contributed by atoms with Gasteiger partial charge >= 0.3 is 0 Å². The SMILES string of the molecule is CC(C)C(C)(C)CNCC1CC(O)CN1. The molecule has 0 radical (unpaired) electrons. The Bertz CT molecular complexity index is 192. The van der Waals surface area contributed by atoms with Gasteiger partial charge in [0, 0.05) is 25.7 Å². The lowest BCUT2D eigenvalue weighted by Gasteiger charge is -2.30. The molecule has 15 heavy (non-hydrogen) atoms. The van der Waals surface area contributed by atoms with Gasteiger partial charge in [0.15, 0.2) is 0 Å². The summed E-state index contributed by atoms with van der Waals surface area (Å²) in [6, 6.07) is 0.447. The van der Waals surface area contributed by atoms with Gasteiger partial charge in [0.25, 0.3) is 0 Å². The lowest BCUT2D eigenvalue weighted by Crippen LogP contribution is -2.40. The van der Waals surface area contributed by atoms with Crippen molar-refractivity contribution in [3.63, 3.8) is 0 Å². The van der Waals surface area contributed by atoms with Crippen molar-refractivity contribution in [2.75, 3.05) is 19.6 Å². The van der Waals surface area contributed by atoms with Crippen LogP contribution in [0.2, 0.25) is 0 Å². The summed E-state index contributed by atoms with van der Waals surface area (Å²) in [5.41, 5.74) is 0.344. The van der Waals surface area contributed by atoms with Crippen LogP contribution in [0.25, 0.3) is 0 Å². The van der Waals surface area contributed by atoms with Crippen LogP contribution < -0.4 is 10.6 Å². The second-order valence-corrected chi connectivity index (χ2v) is 5.77. The van der Waals surface area contributed by atoms with E-state index in [2.05, 4.69) is 38.3 Å². The van der Waals surface area contributed by atoms with Gasteiger partial charge in [-0.2, -0.15) is 0 Å². The van der Waals surface area contributed by atoms with Crippen LogP contribution in [0.5, 0.6) is 0 Å². The molecule has 0 spiro atoms. The second-order valence-electron chi connectivity index (χ2n) is 5.77. The normalized spacial score (nSPS) is 27.6. The predicted molar refractivity (Wildman–Crippen MR) is 63.9 cm³/mol. The molecule has 0 aromatic heterocycles. The zero-order valence-electron chi connectivity index (χ0n) is 10.5. The molecule has 2 unspecified atom stereocenters. The summed E-state index contributed by atoms with van der Waals surface area (Å²) in [5, 5.41) is 16.2. The molecule has 2 atom stereocenters. The highest BCUT2D eigenvalue weighted by Crippen LogP contribution is 2.24. The summed E-state index contributed by atoms with van der Waals surface area (Å²) in [5.74, 6) is 0.687. The molecule has 0 aliphatic carbocycles. The van der Waals surface area contributed by atoms with Crippen LogP contribution in [0.1, 0.15) is 34.1 Å². The molecule has 0 amide bonds. The summed E-state index contributed by atoms with van der Waals surface area (Å²) in [6.45, 7) is 11.9. The predicted octanol–water partition coefficient (Wildman–Crippen LogP) is 0.981. The molecule has 0 aromatic carbocycles. The molecular weight excluding hydrogens is 188 g/mol. The van der Waals surface area contributed by atoms with E-state index in [4.69, 9.17) is 0 Å². The molecule has 1 aliphatic heterocycles. The van der Waals surface area contributed by atoms with Gasteiger partial charge in [-0.3, -0.25) is 0 Å². The number of hydrogen-bond donors (Lipinski definition) is 3. The maximum Gasteiger partial charge on any atom is 0.0680 e. The van der Waals surface area contributed by atoms with Gasteiger partial charge in [-0.05, 0) is 17.8 Å². The molecule has 1 heterocycles. The molecular formula is C12H26N2O. The fourth-order valence-corrected chi connectivity index (χ4v) is 1.73. The zero-order chi connectivity index (χ0) is 11.5. The average molecular weight is 214 g/mol. The molecule has 0 aromatic rings. The smallest absolute Gasteiger partial charge is 0.0680 e. The topological polar surface area (TPSA) is 44.3 Å². The Morgan fingerprint density at radius 1 is 1.47 bits per heavy atom. The number of hydrogen-bond acceptors (Lipinski definition) is 3. The van der Waals surface area contributed by atoms with Crippen LogP contribution in [0.15, 0.2) is 0 Å². The average Bonchev–Trinajstić information content (AvgIpc) is 2.51. The third-order valence-electron chi connectivity index (χ3n) is 3.73. The van der Waals surface area contributed by atoms with Gasteiger partial charge < -0.3 is 15.7 Å². The van der Waals surface area contributed by atoms with E-state index < -0.39 is 0 Å². The third kappa shape index (κ3) is 4.09. The molecule has 1 saturated heterocycles. The van der Waals surface area contributed by atoms with Crippen molar-refractivity contribution in [3.05, 3.63) is 0 Å². The van der Waals surface area contributed by atoms with E-state index >= 15 is 0 Å². The summed E-state index contributed by atoms with van der Waals surface area (Å²) in [7, 11) is 0. The summed E-state index contributed by atoms with van der Waals surface area (Å²) >= 11 is 0. The van der Waals surface area contributed by atoms with E-state index in [9.17, 15) is 5.11 Å². The molecule has 3 nitrogen and oxygen atoms in total. The molecule has 90 valence electrons. The van der Waals surface area contributed by atoms with Gasteiger partial charge in [0.05, 0.1) is 6.10 Å². The van der Waals surface area contributed by atoms with Crippen LogP contribution >= 0.6 is 0 Å². The molecule has 1 aliphatic rings. The first kappa shape index (κ1) is 12.9. The van der Waals surface area contributed by atoms with Crippen LogP contribution in [-0.2, 0) is 0 Å². The Labute approximate surface area is 93.6 Å². The first-order valence-electron chi connectivity index (χ1n) is 6.04. The van der Waals surface area contributed by atoms with Crippen molar-refractivity contribution in [2.45, 2.75) is 46.3 Å². The zero-order valence-corrected chi connectivity index (χ0v) is 10.5. The minimum atomic E-state index is -0.144. The second kappa shape index (κ2) is 5.28. The highest BCUT2D eigenvalue weighted by molar-refractivity contribution is 4.84.